The number of rotatable bonds is 7. The van der Waals surface area contributed by atoms with Crippen LogP contribution in [0.25, 0.3) is 0 Å². The van der Waals surface area contributed by atoms with Crippen molar-refractivity contribution < 1.29 is 13.9 Å². The fourth-order valence-electron chi connectivity index (χ4n) is 1.85. The molecule has 4 nitrogen and oxygen atoms in total. The Balaban J connectivity index is 2.84. The fraction of sp³-hybridized carbons (Fsp3) is 0.538. The number of hydrogen-bond acceptors (Lipinski definition) is 4. The molecule has 0 saturated carbocycles. The van der Waals surface area contributed by atoms with Gasteiger partial charge in [-0.3, -0.25) is 4.90 Å². The Morgan fingerprint density at radius 3 is 2.61 bits per heavy atom. The molecule has 1 unspecified atom stereocenters. The summed E-state index contributed by atoms with van der Waals surface area (Å²) in [5.41, 5.74) is 6.60. The first-order valence-corrected chi connectivity index (χ1v) is 5.86. The van der Waals surface area contributed by atoms with Crippen LogP contribution in [0.3, 0.4) is 0 Å². The lowest BCUT2D eigenvalue weighted by Gasteiger charge is -2.27. The maximum absolute atomic E-state index is 13.7. The molecular formula is C13H21FN2O2. The van der Waals surface area contributed by atoms with Crippen LogP contribution < -0.4 is 10.5 Å². The first kappa shape index (κ1) is 14.9. The molecule has 0 aliphatic carbocycles. The van der Waals surface area contributed by atoms with E-state index in [1.165, 1.54) is 13.2 Å². The van der Waals surface area contributed by atoms with Crippen LogP contribution in [0, 0.1) is 5.82 Å². The van der Waals surface area contributed by atoms with Gasteiger partial charge in [-0.25, -0.2) is 4.39 Å². The van der Waals surface area contributed by atoms with Gasteiger partial charge in [0.1, 0.15) is 0 Å². The summed E-state index contributed by atoms with van der Waals surface area (Å²) in [6.45, 7) is 1.78. The van der Waals surface area contributed by atoms with Crippen LogP contribution in [-0.2, 0) is 4.74 Å². The number of halogens is 1. The first-order chi connectivity index (χ1) is 8.63. The van der Waals surface area contributed by atoms with Crippen molar-refractivity contribution in [3.63, 3.8) is 0 Å². The molecule has 0 bridgehead atoms. The number of nitrogens with zero attached hydrogens (tertiary/aromatic N) is 1. The molecule has 1 aromatic rings. The Morgan fingerprint density at radius 2 is 2.11 bits per heavy atom. The molecule has 1 rings (SSSR count). The van der Waals surface area contributed by atoms with Crippen molar-refractivity contribution in [3.8, 4) is 5.75 Å². The van der Waals surface area contributed by atoms with Gasteiger partial charge < -0.3 is 15.2 Å². The van der Waals surface area contributed by atoms with E-state index >= 15 is 0 Å². The lowest BCUT2D eigenvalue weighted by Crippen LogP contribution is -2.33. The number of ether oxygens (including phenoxy) is 2. The minimum Gasteiger partial charge on any atom is -0.494 e. The SMILES string of the molecule is COCCN(C)C(CN)c1ccc(OC)c(F)c1. The second kappa shape index (κ2) is 7.31. The Bertz CT molecular complexity index is 374. The topological polar surface area (TPSA) is 47.7 Å². The maximum atomic E-state index is 13.7. The van der Waals surface area contributed by atoms with Gasteiger partial charge >= 0.3 is 0 Å². The zero-order chi connectivity index (χ0) is 13.5. The van der Waals surface area contributed by atoms with Gasteiger partial charge in [-0.1, -0.05) is 6.07 Å². The van der Waals surface area contributed by atoms with Gasteiger partial charge in [0, 0.05) is 26.2 Å². The molecule has 0 saturated heterocycles. The zero-order valence-electron chi connectivity index (χ0n) is 11.1. The lowest BCUT2D eigenvalue weighted by atomic mass is 10.1. The number of hydrogen-bond donors (Lipinski definition) is 1. The van der Waals surface area contributed by atoms with E-state index in [0.29, 0.717) is 13.2 Å². The average Bonchev–Trinajstić information content (AvgIpc) is 2.37. The normalized spacial score (nSPS) is 12.8. The minimum atomic E-state index is -0.367. The van der Waals surface area contributed by atoms with E-state index in [0.717, 1.165) is 12.1 Å². The van der Waals surface area contributed by atoms with E-state index in [2.05, 4.69) is 0 Å². The van der Waals surface area contributed by atoms with Crippen molar-refractivity contribution in [3.05, 3.63) is 29.6 Å². The molecule has 5 heteroatoms. The summed E-state index contributed by atoms with van der Waals surface area (Å²) in [4.78, 5) is 2.05. The molecule has 0 fully saturated rings. The van der Waals surface area contributed by atoms with E-state index in [1.54, 1.807) is 13.2 Å². The van der Waals surface area contributed by atoms with Gasteiger partial charge in [-0.15, -0.1) is 0 Å². The minimum absolute atomic E-state index is 0.0273. The highest BCUT2D eigenvalue weighted by Crippen LogP contribution is 2.24. The Hall–Kier alpha value is -1.17. The highest BCUT2D eigenvalue weighted by molar-refractivity contribution is 5.31. The van der Waals surface area contributed by atoms with Crippen LogP contribution in [0.2, 0.25) is 0 Å². The van der Waals surface area contributed by atoms with Crippen LogP contribution >= 0.6 is 0 Å². The Morgan fingerprint density at radius 1 is 1.39 bits per heavy atom. The third kappa shape index (κ3) is 3.66. The van der Waals surface area contributed by atoms with Gasteiger partial charge in [-0.2, -0.15) is 0 Å². The zero-order valence-corrected chi connectivity index (χ0v) is 11.1. The number of methoxy groups -OCH3 is 2. The smallest absolute Gasteiger partial charge is 0.165 e. The molecule has 0 aliphatic rings. The fourth-order valence-corrected chi connectivity index (χ4v) is 1.85. The standard InChI is InChI=1S/C13H21FN2O2/c1-16(6-7-17-2)12(9-15)10-4-5-13(18-3)11(14)8-10/h4-5,8,12H,6-7,9,15H2,1-3H3. The number of nitrogens with two attached hydrogens (primary N) is 1. The number of benzene rings is 1. The van der Waals surface area contributed by atoms with Crippen LogP contribution in [0.5, 0.6) is 5.75 Å². The molecule has 0 radical (unpaired) electrons. The van der Waals surface area contributed by atoms with E-state index in [-0.39, 0.29) is 17.6 Å². The third-order valence-corrected chi connectivity index (χ3v) is 2.96. The predicted molar refractivity (Wildman–Crippen MR) is 69.3 cm³/mol. The van der Waals surface area contributed by atoms with Crippen molar-refractivity contribution in [1.82, 2.24) is 4.90 Å². The van der Waals surface area contributed by atoms with Crippen LogP contribution in [0.4, 0.5) is 4.39 Å². The van der Waals surface area contributed by atoms with Crippen molar-refractivity contribution in [2.45, 2.75) is 6.04 Å². The second-order valence-electron chi connectivity index (χ2n) is 4.12. The third-order valence-electron chi connectivity index (χ3n) is 2.96. The lowest BCUT2D eigenvalue weighted by molar-refractivity contribution is 0.140. The van der Waals surface area contributed by atoms with E-state index < -0.39 is 0 Å². The largest absolute Gasteiger partial charge is 0.494 e. The summed E-state index contributed by atoms with van der Waals surface area (Å²) < 4.78 is 23.6. The second-order valence-corrected chi connectivity index (χ2v) is 4.12. The van der Waals surface area contributed by atoms with E-state index in [9.17, 15) is 4.39 Å². The predicted octanol–water partition coefficient (Wildman–Crippen LogP) is 1.41. The maximum Gasteiger partial charge on any atom is 0.165 e. The highest BCUT2D eigenvalue weighted by atomic mass is 19.1. The Labute approximate surface area is 107 Å². The summed E-state index contributed by atoms with van der Waals surface area (Å²) in [6, 6.07) is 4.90. The molecule has 2 N–H and O–H groups in total. The molecule has 0 spiro atoms. The molecule has 18 heavy (non-hydrogen) atoms. The quantitative estimate of drug-likeness (QED) is 0.801. The van der Waals surface area contributed by atoms with Gasteiger partial charge in [0.15, 0.2) is 11.6 Å². The van der Waals surface area contributed by atoms with Gasteiger partial charge in [-0.05, 0) is 24.7 Å². The van der Waals surface area contributed by atoms with Crippen LogP contribution in [0.15, 0.2) is 18.2 Å². The highest BCUT2D eigenvalue weighted by Gasteiger charge is 2.16. The van der Waals surface area contributed by atoms with Crippen molar-refractivity contribution in [1.29, 1.82) is 0 Å². The van der Waals surface area contributed by atoms with E-state index in [4.69, 9.17) is 15.2 Å². The van der Waals surface area contributed by atoms with Crippen LogP contribution in [-0.4, -0.2) is 45.9 Å². The van der Waals surface area contributed by atoms with Gasteiger partial charge in [0.05, 0.1) is 13.7 Å². The Kier molecular flexibility index (Phi) is 6.04. The summed E-state index contributed by atoms with van der Waals surface area (Å²) in [5.74, 6) is -0.123. The van der Waals surface area contributed by atoms with Crippen LogP contribution in [0.1, 0.15) is 11.6 Å². The summed E-state index contributed by atoms with van der Waals surface area (Å²) in [6.07, 6.45) is 0. The molecule has 0 amide bonds. The molecule has 0 aliphatic heterocycles. The summed E-state index contributed by atoms with van der Waals surface area (Å²) >= 11 is 0. The molecular weight excluding hydrogens is 235 g/mol. The summed E-state index contributed by atoms with van der Waals surface area (Å²) in [7, 11) is 5.04. The molecule has 1 atom stereocenters. The van der Waals surface area contributed by atoms with Crippen molar-refractivity contribution in [2.24, 2.45) is 5.73 Å². The van der Waals surface area contributed by atoms with Crippen molar-refractivity contribution in [2.75, 3.05) is 41.0 Å². The molecule has 0 heterocycles. The average molecular weight is 256 g/mol. The monoisotopic (exact) mass is 256 g/mol. The molecule has 0 aromatic heterocycles. The molecule has 1 aromatic carbocycles. The van der Waals surface area contributed by atoms with Gasteiger partial charge in [0.2, 0.25) is 0 Å². The first-order valence-electron chi connectivity index (χ1n) is 5.86. The number of likely N-dealkylation sites (N-methyl/N-ethyl adjacent to an activating group) is 1. The van der Waals surface area contributed by atoms with Crippen molar-refractivity contribution >= 4 is 0 Å². The van der Waals surface area contributed by atoms with Gasteiger partial charge in [0.25, 0.3) is 0 Å². The molecule has 102 valence electrons. The summed E-state index contributed by atoms with van der Waals surface area (Å²) in [5, 5.41) is 0. The van der Waals surface area contributed by atoms with E-state index in [1.807, 2.05) is 18.0 Å².